The maximum Gasteiger partial charge on any atom is 0.129 e. The first-order valence-electron chi connectivity index (χ1n) is 6.59. The van der Waals surface area contributed by atoms with Gasteiger partial charge in [-0.2, -0.15) is 0 Å². The van der Waals surface area contributed by atoms with E-state index < -0.39 is 11.6 Å². The Labute approximate surface area is 112 Å². The van der Waals surface area contributed by atoms with Crippen LogP contribution in [-0.2, 0) is 11.2 Å². The fraction of sp³-hybridized carbons (Fsp3) is 0.571. The summed E-state index contributed by atoms with van der Waals surface area (Å²) < 4.78 is 32.0. The van der Waals surface area contributed by atoms with Crippen molar-refractivity contribution < 1.29 is 13.5 Å². The third-order valence-electron chi connectivity index (χ3n) is 3.89. The zero-order valence-corrected chi connectivity index (χ0v) is 11.0. The molecule has 5 heteroatoms. The van der Waals surface area contributed by atoms with Gasteiger partial charge in [0.25, 0.3) is 0 Å². The summed E-state index contributed by atoms with van der Waals surface area (Å²) in [5, 5.41) is 0. The van der Waals surface area contributed by atoms with Crippen LogP contribution < -0.4 is 11.3 Å². The van der Waals surface area contributed by atoms with Gasteiger partial charge in [0.2, 0.25) is 0 Å². The number of hydrogen-bond acceptors (Lipinski definition) is 3. The van der Waals surface area contributed by atoms with E-state index in [2.05, 4.69) is 12.3 Å². The van der Waals surface area contributed by atoms with Crippen LogP contribution in [0, 0.1) is 23.5 Å². The number of halogens is 2. The summed E-state index contributed by atoms with van der Waals surface area (Å²) in [6.07, 6.45) is 1.36. The second kappa shape index (κ2) is 6.41. The van der Waals surface area contributed by atoms with Gasteiger partial charge in [-0.1, -0.05) is 13.0 Å². The largest absolute Gasteiger partial charge is 0.381 e. The minimum atomic E-state index is -0.557. The van der Waals surface area contributed by atoms with Gasteiger partial charge in [0.15, 0.2) is 0 Å². The predicted molar refractivity (Wildman–Crippen MR) is 69.3 cm³/mol. The van der Waals surface area contributed by atoms with E-state index in [0.29, 0.717) is 37.0 Å². The quantitative estimate of drug-likeness (QED) is 0.650. The monoisotopic (exact) mass is 270 g/mol. The molecule has 3 atom stereocenters. The molecule has 3 nitrogen and oxygen atoms in total. The highest BCUT2D eigenvalue weighted by atomic mass is 19.1. The van der Waals surface area contributed by atoms with Crippen molar-refractivity contribution in [1.82, 2.24) is 5.43 Å². The lowest BCUT2D eigenvalue weighted by Crippen LogP contribution is -2.47. The molecule has 106 valence electrons. The van der Waals surface area contributed by atoms with Gasteiger partial charge in [0, 0.05) is 25.3 Å². The van der Waals surface area contributed by atoms with Crippen molar-refractivity contribution in [2.75, 3.05) is 13.2 Å². The number of rotatable bonds is 4. The number of nitrogens with two attached hydrogens (primary N) is 1. The van der Waals surface area contributed by atoms with Crippen LogP contribution in [0.1, 0.15) is 18.9 Å². The van der Waals surface area contributed by atoms with Crippen molar-refractivity contribution in [3.8, 4) is 0 Å². The summed E-state index contributed by atoms with van der Waals surface area (Å²) >= 11 is 0. The molecular formula is C14H20F2N2O. The lowest BCUT2D eigenvalue weighted by molar-refractivity contribution is 0.0108. The normalized spacial score (nSPS) is 25.3. The molecule has 2 rings (SSSR count). The standard InChI is InChI=1S/C14H20F2N2O/c1-9-8-19-5-4-12(9)14(18-17)6-10-2-3-11(15)7-13(10)16/h2-3,7,9,12,14,18H,4-6,8,17H2,1H3. The molecule has 1 aromatic rings. The molecule has 1 saturated heterocycles. The molecule has 0 aliphatic carbocycles. The minimum Gasteiger partial charge on any atom is -0.381 e. The summed E-state index contributed by atoms with van der Waals surface area (Å²) in [5.41, 5.74) is 3.27. The molecule has 3 unspecified atom stereocenters. The zero-order chi connectivity index (χ0) is 13.8. The molecule has 0 amide bonds. The molecule has 0 spiro atoms. The fourth-order valence-electron chi connectivity index (χ4n) is 2.75. The lowest BCUT2D eigenvalue weighted by Gasteiger charge is -2.35. The van der Waals surface area contributed by atoms with Crippen LogP contribution in [0.3, 0.4) is 0 Å². The first-order chi connectivity index (χ1) is 9.11. The van der Waals surface area contributed by atoms with E-state index in [1.807, 2.05) is 0 Å². The van der Waals surface area contributed by atoms with Gasteiger partial charge in [0.05, 0.1) is 0 Å². The molecule has 0 aromatic heterocycles. The van der Waals surface area contributed by atoms with Gasteiger partial charge < -0.3 is 4.74 Å². The Morgan fingerprint density at radius 3 is 2.89 bits per heavy atom. The molecule has 0 radical (unpaired) electrons. The van der Waals surface area contributed by atoms with Gasteiger partial charge in [-0.15, -0.1) is 0 Å². The van der Waals surface area contributed by atoms with Crippen LogP contribution in [0.25, 0.3) is 0 Å². The van der Waals surface area contributed by atoms with Crippen molar-refractivity contribution in [2.45, 2.75) is 25.8 Å². The highest BCUT2D eigenvalue weighted by molar-refractivity contribution is 5.20. The molecule has 1 heterocycles. The van der Waals surface area contributed by atoms with Crippen LogP contribution in [0.5, 0.6) is 0 Å². The summed E-state index contributed by atoms with van der Waals surface area (Å²) in [5.74, 6) is 5.24. The van der Waals surface area contributed by atoms with Crippen LogP contribution >= 0.6 is 0 Å². The second-order valence-electron chi connectivity index (χ2n) is 5.22. The van der Waals surface area contributed by atoms with Crippen molar-refractivity contribution in [3.63, 3.8) is 0 Å². The maximum absolute atomic E-state index is 13.7. The molecule has 0 bridgehead atoms. The maximum atomic E-state index is 13.7. The smallest absolute Gasteiger partial charge is 0.129 e. The molecule has 0 saturated carbocycles. The van der Waals surface area contributed by atoms with Gasteiger partial charge in [-0.05, 0) is 36.3 Å². The second-order valence-corrected chi connectivity index (χ2v) is 5.22. The Hall–Kier alpha value is -1.04. The van der Waals surface area contributed by atoms with Gasteiger partial charge in [-0.25, -0.2) is 8.78 Å². The van der Waals surface area contributed by atoms with Crippen molar-refractivity contribution in [1.29, 1.82) is 0 Å². The zero-order valence-electron chi connectivity index (χ0n) is 11.0. The third-order valence-corrected chi connectivity index (χ3v) is 3.89. The summed E-state index contributed by atoms with van der Waals surface area (Å²) in [7, 11) is 0. The Morgan fingerprint density at radius 2 is 2.26 bits per heavy atom. The minimum absolute atomic E-state index is 0.0288. The molecule has 1 aromatic carbocycles. The number of hydrazine groups is 1. The highest BCUT2D eigenvalue weighted by Crippen LogP contribution is 2.27. The Kier molecular flexibility index (Phi) is 4.85. The molecule has 19 heavy (non-hydrogen) atoms. The molecular weight excluding hydrogens is 250 g/mol. The first-order valence-corrected chi connectivity index (χ1v) is 6.59. The summed E-state index contributed by atoms with van der Waals surface area (Å²) in [4.78, 5) is 0. The highest BCUT2D eigenvalue weighted by Gasteiger charge is 2.29. The van der Waals surface area contributed by atoms with Crippen LogP contribution in [0.2, 0.25) is 0 Å². The van der Waals surface area contributed by atoms with Crippen molar-refractivity contribution >= 4 is 0 Å². The third kappa shape index (κ3) is 3.49. The topological polar surface area (TPSA) is 47.3 Å². The van der Waals surface area contributed by atoms with Gasteiger partial charge >= 0.3 is 0 Å². The van der Waals surface area contributed by atoms with Gasteiger partial charge in [-0.3, -0.25) is 11.3 Å². The number of benzene rings is 1. The van der Waals surface area contributed by atoms with E-state index in [1.54, 1.807) is 0 Å². The molecule has 1 fully saturated rings. The van der Waals surface area contributed by atoms with E-state index in [4.69, 9.17) is 10.6 Å². The fourth-order valence-corrected chi connectivity index (χ4v) is 2.75. The van der Waals surface area contributed by atoms with Crippen LogP contribution in [0.15, 0.2) is 18.2 Å². The predicted octanol–water partition coefficient (Wildman–Crippen LogP) is 2.01. The molecule has 3 N–H and O–H groups in total. The van der Waals surface area contributed by atoms with E-state index in [1.165, 1.54) is 12.1 Å². The van der Waals surface area contributed by atoms with Gasteiger partial charge in [0.1, 0.15) is 11.6 Å². The number of hydrogen-bond donors (Lipinski definition) is 2. The van der Waals surface area contributed by atoms with E-state index in [-0.39, 0.29) is 6.04 Å². The average Bonchev–Trinajstić information content (AvgIpc) is 2.39. The summed E-state index contributed by atoms with van der Waals surface area (Å²) in [6, 6.07) is 3.65. The number of nitrogens with one attached hydrogen (secondary N) is 1. The van der Waals surface area contributed by atoms with E-state index >= 15 is 0 Å². The molecule has 1 aliphatic heterocycles. The first kappa shape index (κ1) is 14.4. The van der Waals surface area contributed by atoms with Crippen LogP contribution in [-0.4, -0.2) is 19.3 Å². The van der Waals surface area contributed by atoms with Crippen molar-refractivity contribution in [2.24, 2.45) is 17.7 Å². The Bertz CT molecular complexity index is 428. The lowest BCUT2D eigenvalue weighted by atomic mass is 9.81. The summed E-state index contributed by atoms with van der Waals surface area (Å²) in [6.45, 7) is 3.52. The van der Waals surface area contributed by atoms with E-state index in [9.17, 15) is 8.78 Å². The number of ether oxygens (including phenoxy) is 1. The van der Waals surface area contributed by atoms with Crippen LogP contribution in [0.4, 0.5) is 8.78 Å². The molecule has 1 aliphatic rings. The van der Waals surface area contributed by atoms with E-state index in [0.717, 1.165) is 12.5 Å². The average molecular weight is 270 g/mol. The SMILES string of the molecule is CC1COCCC1C(Cc1ccc(F)cc1F)NN. The Balaban J connectivity index is 2.09. The van der Waals surface area contributed by atoms with Crippen molar-refractivity contribution in [3.05, 3.63) is 35.4 Å². The Morgan fingerprint density at radius 1 is 1.47 bits per heavy atom.